The second-order valence-corrected chi connectivity index (χ2v) is 3.01. The van der Waals surface area contributed by atoms with Crippen LogP contribution in [0, 0.1) is 0 Å². The van der Waals surface area contributed by atoms with E-state index < -0.39 is 0 Å². The number of para-hydroxylation sites is 2. The molecule has 13 heavy (non-hydrogen) atoms. The fraction of sp³-hybridized carbons (Fsp3) is 0.300. The lowest BCUT2D eigenvalue weighted by molar-refractivity contribution is -0.117. The van der Waals surface area contributed by atoms with E-state index in [1.807, 2.05) is 31.2 Å². The summed E-state index contributed by atoms with van der Waals surface area (Å²) in [6, 6.07) is 7.87. The molecule has 0 saturated heterocycles. The van der Waals surface area contributed by atoms with Crippen molar-refractivity contribution in [1.82, 2.24) is 0 Å². The number of carbonyl (C=O) groups is 1. The van der Waals surface area contributed by atoms with Crippen molar-refractivity contribution in [3.63, 3.8) is 0 Å². The number of likely N-dealkylation sites (N-methyl/N-ethyl adjacent to an activating group) is 1. The van der Waals surface area contributed by atoms with Gasteiger partial charge < -0.3 is 10.2 Å². The normalized spacial score (nSPS) is 15.2. The van der Waals surface area contributed by atoms with Gasteiger partial charge in [-0.15, -0.1) is 0 Å². The number of anilines is 2. The van der Waals surface area contributed by atoms with E-state index in [0.29, 0.717) is 6.54 Å². The third-order valence-corrected chi connectivity index (χ3v) is 2.24. The molecule has 0 fully saturated rings. The quantitative estimate of drug-likeness (QED) is 0.702. The Balaban J connectivity index is 2.45. The molecule has 0 aliphatic carbocycles. The summed E-state index contributed by atoms with van der Waals surface area (Å²) in [5.74, 6) is 0.140. The van der Waals surface area contributed by atoms with Crippen LogP contribution in [0.2, 0.25) is 0 Å². The molecule has 1 aromatic rings. The van der Waals surface area contributed by atoms with Crippen LogP contribution in [0.15, 0.2) is 24.3 Å². The zero-order chi connectivity index (χ0) is 9.26. The minimum atomic E-state index is 0.140. The monoisotopic (exact) mass is 176 g/mol. The van der Waals surface area contributed by atoms with Crippen LogP contribution < -0.4 is 10.2 Å². The van der Waals surface area contributed by atoms with Gasteiger partial charge in [0.1, 0.15) is 0 Å². The Labute approximate surface area is 77.4 Å². The number of rotatable bonds is 1. The van der Waals surface area contributed by atoms with E-state index in [4.69, 9.17) is 0 Å². The van der Waals surface area contributed by atoms with Gasteiger partial charge in [0.05, 0.1) is 17.9 Å². The summed E-state index contributed by atoms with van der Waals surface area (Å²) < 4.78 is 0. The molecule has 3 nitrogen and oxygen atoms in total. The second-order valence-electron chi connectivity index (χ2n) is 3.01. The van der Waals surface area contributed by atoms with Crippen LogP contribution in [0.4, 0.5) is 11.4 Å². The Morgan fingerprint density at radius 2 is 2.23 bits per heavy atom. The lowest BCUT2D eigenvalue weighted by Crippen LogP contribution is -2.39. The molecule has 0 saturated carbocycles. The summed E-state index contributed by atoms with van der Waals surface area (Å²) in [6.45, 7) is 3.13. The fourth-order valence-corrected chi connectivity index (χ4v) is 1.61. The maximum atomic E-state index is 11.5. The standard InChI is InChI=1S/C10H12N2O/c1-2-12-9-6-4-3-5-8(9)11-7-10(12)13/h3-6,11H,2,7H2,1H3. The lowest BCUT2D eigenvalue weighted by atomic mass is 10.2. The topological polar surface area (TPSA) is 32.3 Å². The van der Waals surface area contributed by atoms with Crippen LogP contribution in [-0.2, 0) is 4.79 Å². The smallest absolute Gasteiger partial charge is 0.246 e. The molecule has 0 radical (unpaired) electrons. The van der Waals surface area contributed by atoms with Crippen molar-refractivity contribution in [2.24, 2.45) is 0 Å². The van der Waals surface area contributed by atoms with Crippen molar-refractivity contribution in [3.05, 3.63) is 24.3 Å². The van der Waals surface area contributed by atoms with E-state index in [1.54, 1.807) is 4.90 Å². The predicted octanol–water partition coefficient (Wildman–Crippen LogP) is 1.47. The number of amides is 1. The largest absolute Gasteiger partial charge is 0.374 e. The van der Waals surface area contributed by atoms with Gasteiger partial charge in [0.2, 0.25) is 5.91 Å². The SMILES string of the molecule is CCN1C(=O)CNc2ccccc21. The van der Waals surface area contributed by atoms with Crippen molar-refractivity contribution in [2.45, 2.75) is 6.92 Å². The Hall–Kier alpha value is -1.51. The zero-order valence-corrected chi connectivity index (χ0v) is 7.58. The van der Waals surface area contributed by atoms with Crippen molar-refractivity contribution < 1.29 is 4.79 Å². The van der Waals surface area contributed by atoms with E-state index in [9.17, 15) is 4.79 Å². The van der Waals surface area contributed by atoms with Crippen LogP contribution in [0.1, 0.15) is 6.92 Å². The average Bonchev–Trinajstić information content (AvgIpc) is 2.18. The third kappa shape index (κ3) is 1.26. The Kier molecular flexibility index (Phi) is 1.93. The first kappa shape index (κ1) is 8.10. The average molecular weight is 176 g/mol. The molecule has 1 heterocycles. The highest BCUT2D eigenvalue weighted by molar-refractivity contribution is 6.02. The molecule has 0 bridgehead atoms. The molecule has 0 spiro atoms. The van der Waals surface area contributed by atoms with Crippen molar-refractivity contribution in [1.29, 1.82) is 0 Å². The van der Waals surface area contributed by atoms with Crippen LogP contribution in [0.5, 0.6) is 0 Å². The summed E-state index contributed by atoms with van der Waals surface area (Å²) >= 11 is 0. The molecule has 2 rings (SSSR count). The van der Waals surface area contributed by atoms with Gasteiger partial charge in [-0.1, -0.05) is 12.1 Å². The van der Waals surface area contributed by atoms with E-state index in [-0.39, 0.29) is 5.91 Å². The Bertz CT molecular complexity index is 335. The summed E-state index contributed by atoms with van der Waals surface area (Å²) in [5.41, 5.74) is 2.03. The number of hydrogen-bond acceptors (Lipinski definition) is 2. The van der Waals surface area contributed by atoms with Crippen molar-refractivity contribution >= 4 is 17.3 Å². The van der Waals surface area contributed by atoms with Gasteiger partial charge in [-0.25, -0.2) is 0 Å². The van der Waals surface area contributed by atoms with Crippen LogP contribution in [0.25, 0.3) is 0 Å². The minimum absolute atomic E-state index is 0.140. The number of nitrogens with zero attached hydrogens (tertiary/aromatic N) is 1. The van der Waals surface area contributed by atoms with Gasteiger partial charge in [0.15, 0.2) is 0 Å². The maximum absolute atomic E-state index is 11.5. The highest BCUT2D eigenvalue weighted by atomic mass is 16.2. The fourth-order valence-electron chi connectivity index (χ4n) is 1.61. The summed E-state index contributed by atoms with van der Waals surface area (Å²) in [5, 5.41) is 3.09. The number of carbonyl (C=O) groups excluding carboxylic acids is 1. The minimum Gasteiger partial charge on any atom is -0.374 e. The number of nitrogens with one attached hydrogen (secondary N) is 1. The molecule has 3 heteroatoms. The van der Waals surface area contributed by atoms with Gasteiger partial charge in [-0.05, 0) is 19.1 Å². The molecule has 68 valence electrons. The Morgan fingerprint density at radius 3 is 3.00 bits per heavy atom. The van der Waals surface area contributed by atoms with E-state index in [2.05, 4.69) is 5.32 Å². The molecule has 1 aliphatic heterocycles. The molecule has 1 aliphatic rings. The second kappa shape index (κ2) is 3.09. The first-order valence-electron chi connectivity index (χ1n) is 4.46. The summed E-state index contributed by atoms with van der Waals surface area (Å²) in [4.78, 5) is 13.2. The van der Waals surface area contributed by atoms with Gasteiger partial charge >= 0.3 is 0 Å². The molecule has 1 amide bonds. The van der Waals surface area contributed by atoms with Gasteiger partial charge in [0.25, 0.3) is 0 Å². The van der Waals surface area contributed by atoms with E-state index in [0.717, 1.165) is 17.9 Å². The third-order valence-electron chi connectivity index (χ3n) is 2.24. The van der Waals surface area contributed by atoms with Crippen molar-refractivity contribution in [2.75, 3.05) is 23.3 Å². The summed E-state index contributed by atoms with van der Waals surface area (Å²) in [7, 11) is 0. The highest BCUT2D eigenvalue weighted by Gasteiger charge is 2.21. The first-order chi connectivity index (χ1) is 6.33. The highest BCUT2D eigenvalue weighted by Crippen LogP contribution is 2.28. The molecular formula is C10H12N2O. The molecule has 0 atom stereocenters. The molecular weight excluding hydrogens is 164 g/mol. The van der Waals surface area contributed by atoms with Crippen LogP contribution in [0.3, 0.4) is 0 Å². The molecule has 0 unspecified atom stereocenters. The van der Waals surface area contributed by atoms with Gasteiger partial charge in [-0.3, -0.25) is 4.79 Å². The van der Waals surface area contributed by atoms with E-state index in [1.165, 1.54) is 0 Å². The maximum Gasteiger partial charge on any atom is 0.246 e. The summed E-state index contributed by atoms with van der Waals surface area (Å²) in [6.07, 6.45) is 0. The van der Waals surface area contributed by atoms with Crippen LogP contribution in [-0.4, -0.2) is 19.0 Å². The first-order valence-corrected chi connectivity index (χ1v) is 4.46. The zero-order valence-electron chi connectivity index (χ0n) is 7.58. The van der Waals surface area contributed by atoms with Crippen LogP contribution >= 0.6 is 0 Å². The number of hydrogen-bond donors (Lipinski definition) is 1. The number of fused-ring (bicyclic) bond motifs is 1. The Morgan fingerprint density at radius 1 is 1.46 bits per heavy atom. The van der Waals surface area contributed by atoms with Gasteiger partial charge in [-0.2, -0.15) is 0 Å². The van der Waals surface area contributed by atoms with E-state index >= 15 is 0 Å². The molecule has 1 N–H and O–H groups in total. The predicted molar refractivity (Wildman–Crippen MR) is 53.0 cm³/mol. The molecule has 1 aromatic carbocycles. The lowest BCUT2D eigenvalue weighted by Gasteiger charge is -2.28. The van der Waals surface area contributed by atoms with Gasteiger partial charge in [0, 0.05) is 6.54 Å². The van der Waals surface area contributed by atoms with Crippen molar-refractivity contribution in [3.8, 4) is 0 Å². The molecule has 0 aromatic heterocycles. The number of benzene rings is 1.